The van der Waals surface area contributed by atoms with Crippen molar-refractivity contribution >= 4 is 16.7 Å². The van der Waals surface area contributed by atoms with E-state index in [0.717, 1.165) is 22.8 Å². The fourth-order valence-electron chi connectivity index (χ4n) is 3.35. The molecule has 0 aliphatic rings. The molecule has 2 nitrogen and oxygen atoms in total. The number of aliphatic carboxylic acids is 1. The molecule has 1 N–H and O–H groups in total. The van der Waals surface area contributed by atoms with E-state index in [1.807, 2.05) is 42.5 Å². The molecule has 0 heterocycles. The molecule has 0 aliphatic heterocycles. The molecular weight excluding hydrogens is 296 g/mol. The molecule has 0 saturated heterocycles. The first-order valence-electron chi connectivity index (χ1n) is 8.21. The Balaban J connectivity index is 1.97. The first-order valence-corrected chi connectivity index (χ1v) is 8.21. The van der Waals surface area contributed by atoms with Crippen LogP contribution in [-0.2, 0) is 11.2 Å². The molecule has 2 heteroatoms. The Kier molecular flexibility index (Phi) is 4.95. The zero-order valence-electron chi connectivity index (χ0n) is 13.6. The maximum Gasteiger partial charge on any atom is 0.303 e. The quantitative estimate of drug-likeness (QED) is 0.687. The number of carboxylic acids is 1. The molecule has 0 aromatic heterocycles. The summed E-state index contributed by atoms with van der Waals surface area (Å²) in [6.07, 6.45) is 0.858. The number of benzene rings is 3. The van der Waals surface area contributed by atoms with Gasteiger partial charge < -0.3 is 5.11 Å². The number of hydrogen-bond donors (Lipinski definition) is 1. The lowest BCUT2D eigenvalue weighted by Gasteiger charge is -2.24. The predicted octanol–water partition coefficient (Wildman–Crippen LogP) is 5.09. The summed E-state index contributed by atoms with van der Waals surface area (Å²) < 4.78 is 0. The predicted molar refractivity (Wildman–Crippen MR) is 97.9 cm³/mol. The Bertz CT molecular complexity index is 818. The minimum atomic E-state index is -0.783. The highest BCUT2D eigenvalue weighted by Crippen LogP contribution is 2.34. The molecule has 0 saturated carbocycles. The molecular formula is C22H21O2. The third-order valence-electron chi connectivity index (χ3n) is 4.53. The van der Waals surface area contributed by atoms with E-state index >= 15 is 0 Å². The van der Waals surface area contributed by atoms with Gasteiger partial charge in [-0.15, -0.1) is 0 Å². The van der Waals surface area contributed by atoms with Crippen LogP contribution in [0.5, 0.6) is 0 Å². The second-order valence-electron chi connectivity index (χ2n) is 6.22. The first-order chi connectivity index (χ1) is 11.6. The van der Waals surface area contributed by atoms with Crippen LogP contribution in [0.2, 0.25) is 0 Å². The van der Waals surface area contributed by atoms with Crippen LogP contribution in [0.4, 0.5) is 0 Å². The van der Waals surface area contributed by atoms with Crippen LogP contribution in [0.15, 0.2) is 72.8 Å². The van der Waals surface area contributed by atoms with Gasteiger partial charge in [0.1, 0.15) is 0 Å². The van der Waals surface area contributed by atoms with Gasteiger partial charge in [0.2, 0.25) is 0 Å². The number of carbonyl (C=O) groups is 1. The van der Waals surface area contributed by atoms with E-state index in [1.54, 1.807) is 0 Å². The lowest BCUT2D eigenvalue weighted by atomic mass is 9.79. The Morgan fingerprint density at radius 2 is 1.58 bits per heavy atom. The second kappa shape index (κ2) is 7.31. The molecule has 0 fully saturated rings. The van der Waals surface area contributed by atoms with Crippen molar-refractivity contribution in [1.82, 2.24) is 0 Å². The summed E-state index contributed by atoms with van der Waals surface area (Å²) in [6.45, 7) is 4.31. The monoisotopic (exact) mass is 317 g/mol. The van der Waals surface area contributed by atoms with Gasteiger partial charge in [0.05, 0.1) is 6.42 Å². The van der Waals surface area contributed by atoms with E-state index < -0.39 is 5.97 Å². The van der Waals surface area contributed by atoms with Crippen LogP contribution < -0.4 is 0 Å². The van der Waals surface area contributed by atoms with E-state index in [-0.39, 0.29) is 18.3 Å². The summed E-state index contributed by atoms with van der Waals surface area (Å²) in [5.41, 5.74) is 2.26. The van der Waals surface area contributed by atoms with Crippen LogP contribution in [0.25, 0.3) is 10.8 Å². The van der Waals surface area contributed by atoms with Crippen LogP contribution >= 0.6 is 0 Å². The smallest absolute Gasteiger partial charge is 0.303 e. The Morgan fingerprint density at radius 3 is 2.33 bits per heavy atom. The summed E-state index contributed by atoms with van der Waals surface area (Å²) in [5.74, 6) is -0.905. The van der Waals surface area contributed by atoms with E-state index in [4.69, 9.17) is 0 Å². The highest BCUT2D eigenvalue weighted by molar-refractivity contribution is 5.86. The topological polar surface area (TPSA) is 37.3 Å². The molecule has 0 aliphatic carbocycles. The number of hydrogen-bond acceptors (Lipinski definition) is 1. The lowest BCUT2D eigenvalue weighted by molar-refractivity contribution is -0.137. The minimum Gasteiger partial charge on any atom is -0.481 e. The molecule has 24 heavy (non-hydrogen) atoms. The molecule has 121 valence electrons. The number of fused-ring (bicyclic) bond motifs is 1. The summed E-state index contributed by atoms with van der Waals surface area (Å²) in [4.78, 5) is 11.4. The van der Waals surface area contributed by atoms with Gasteiger partial charge in [0.15, 0.2) is 0 Å². The van der Waals surface area contributed by atoms with Gasteiger partial charge in [-0.25, -0.2) is 0 Å². The molecule has 3 aromatic rings. The third kappa shape index (κ3) is 3.65. The zero-order valence-corrected chi connectivity index (χ0v) is 13.6. The Morgan fingerprint density at radius 1 is 0.917 bits per heavy atom. The van der Waals surface area contributed by atoms with Crippen LogP contribution in [0.3, 0.4) is 0 Å². The summed E-state index contributed by atoms with van der Waals surface area (Å²) in [7, 11) is 0. The van der Waals surface area contributed by atoms with Gasteiger partial charge >= 0.3 is 5.97 Å². The summed E-state index contributed by atoms with van der Waals surface area (Å²) in [5, 5.41) is 11.7. The van der Waals surface area contributed by atoms with Gasteiger partial charge in [0.25, 0.3) is 0 Å². The summed E-state index contributed by atoms with van der Waals surface area (Å²) >= 11 is 0. The van der Waals surface area contributed by atoms with Crippen LogP contribution in [-0.4, -0.2) is 11.1 Å². The average Bonchev–Trinajstić information content (AvgIpc) is 2.60. The molecule has 3 aromatic carbocycles. The molecule has 0 amide bonds. The van der Waals surface area contributed by atoms with E-state index in [2.05, 4.69) is 37.3 Å². The standard InChI is InChI=1S/C22H21O2/c1-16(14-17-8-3-2-4-9-17)21(15-22(23)24)20-13-7-11-18-10-5-6-12-19(18)20/h2-13,16,21H,1,14-15H2,(H,23,24). The van der Waals surface area contributed by atoms with Crippen molar-refractivity contribution in [3.63, 3.8) is 0 Å². The van der Waals surface area contributed by atoms with Crippen molar-refractivity contribution in [1.29, 1.82) is 0 Å². The normalized spacial score (nSPS) is 13.5. The van der Waals surface area contributed by atoms with Gasteiger partial charge in [-0.2, -0.15) is 0 Å². The van der Waals surface area contributed by atoms with Crippen molar-refractivity contribution in [2.45, 2.75) is 18.8 Å². The fourth-order valence-corrected chi connectivity index (χ4v) is 3.35. The Hall–Kier alpha value is -2.61. The van der Waals surface area contributed by atoms with E-state index in [1.165, 1.54) is 5.56 Å². The highest BCUT2D eigenvalue weighted by Gasteiger charge is 2.24. The van der Waals surface area contributed by atoms with E-state index in [9.17, 15) is 9.90 Å². The zero-order chi connectivity index (χ0) is 16.9. The van der Waals surface area contributed by atoms with Gasteiger partial charge in [-0.05, 0) is 47.1 Å². The maximum absolute atomic E-state index is 11.4. The van der Waals surface area contributed by atoms with Crippen molar-refractivity contribution in [2.75, 3.05) is 0 Å². The average molecular weight is 317 g/mol. The molecule has 2 unspecified atom stereocenters. The summed E-state index contributed by atoms with van der Waals surface area (Å²) in [6, 6.07) is 24.4. The SMILES string of the molecule is [CH2]C(Cc1ccccc1)C(CC(=O)O)c1cccc2ccccc12. The van der Waals surface area contributed by atoms with Gasteiger partial charge in [0, 0.05) is 0 Å². The maximum atomic E-state index is 11.4. The number of carboxylic acid groups (broad SMARTS) is 1. The molecule has 0 bridgehead atoms. The van der Waals surface area contributed by atoms with Gasteiger partial charge in [-0.1, -0.05) is 72.8 Å². The largest absolute Gasteiger partial charge is 0.481 e. The first kappa shape index (κ1) is 16.3. The van der Waals surface area contributed by atoms with Crippen LogP contribution in [0, 0.1) is 12.8 Å². The number of rotatable bonds is 6. The van der Waals surface area contributed by atoms with Crippen molar-refractivity contribution < 1.29 is 9.90 Å². The van der Waals surface area contributed by atoms with Crippen LogP contribution in [0.1, 0.15) is 23.5 Å². The van der Waals surface area contributed by atoms with Crippen molar-refractivity contribution in [3.05, 3.63) is 90.8 Å². The van der Waals surface area contributed by atoms with Gasteiger partial charge in [-0.3, -0.25) is 4.79 Å². The molecule has 1 radical (unpaired) electrons. The van der Waals surface area contributed by atoms with Crippen molar-refractivity contribution in [3.8, 4) is 0 Å². The minimum absolute atomic E-state index is 0.00527. The molecule has 2 atom stereocenters. The molecule has 3 rings (SSSR count). The lowest BCUT2D eigenvalue weighted by Crippen LogP contribution is -2.17. The third-order valence-corrected chi connectivity index (χ3v) is 4.53. The highest BCUT2D eigenvalue weighted by atomic mass is 16.4. The van der Waals surface area contributed by atoms with E-state index in [0.29, 0.717) is 0 Å². The van der Waals surface area contributed by atoms with Crippen molar-refractivity contribution in [2.24, 2.45) is 5.92 Å². The Labute approximate surface area is 142 Å². The molecule has 0 spiro atoms. The second-order valence-corrected chi connectivity index (χ2v) is 6.22. The fraction of sp³-hybridized carbons (Fsp3) is 0.182.